The van der Waals surface area contributed by atoms with E-state index >= 15 is 0 Å². The summed E-state index contributed by atoms with van der Waals surface area (Å²) >= 11 is 4.74. The van der Waals surface area contributed by atoms with E-state index in [1.807, 2.05) is 0 Å². The molecule has 0 radical (unpaired) electrons. The molecule has 0 aliphatic rings. The van der Waals surface area contributed by atoms with Crippen LogP contribution in [0.25, 0.3) is 0 Å². The van der Waals surface area contributed by atoms with Gasteiger partial charge in [-0.05, 0) is 11.1 Å². The van der Waals surface area contributed by atoms with Crippen molar-refractivity contribution in [2.75, 3.05) is 13.1 Å². The zero-order valence-electron chi connectivity index (χ0n) is 11.9. The molecule has 0 aliphatic heterocycles. The third kappa shape index (κ3) is 6.17. The number of benzene rings is 1. The lowest BCUT2D eigenvalue weighted by Crippen LogP contribution is -2.38. The van der Waals surface area contributed by atoms with Gasteiger partial charge in [-0.25, -0.2) is 17.2 Å². The second-order valence-corrected chi connectivity index (χ2v) is 7.21. The standard InChI is InChI=1S/C14H18F2N2O2S2/c1-2-6-18(9-14(17)21)22(19,20)10-12-5-3-4-11(7-12)8-13(15)16/h2-5,7,13H,1,6,8-10H2,(H2,17,21). The van der Waals surface area contributed by atoms with Crippen molar-refractivity contribution in [2.24, 2.45) is 5.73 Å². The summed E-state index contributed by atoms with van der Waals surface area (Å²) in [7, 11) is -3.67. The first kappa shape index (κ1) is 18.7. The molecule has 22 heavy (non-hydrogen) atoms. The number of halogens is 2. The Morgan fingerprint density at radius 3 is 2.59 bits per heavy atom. The molecule has 0 unspecified atom stereocenters. The van der Waals surface area contributed by atoms with Gasteiger partial charge in [-0.3, -0.25) is 0 Å². The molecule has 0 amide bonds. The van der Waals surface area contributed by atoms with Crippen LogP contribution < -0.4 is 5.73 Å². The largest absolute Gasteiger partial charge is 0.392 e. The third-order valence-corrected chi connectivity index (χ3v) is 4.68. The average molecular weight is 348 g/mol. The maximum Gasteiger partial charge on any atom is 0.242 e. The number of alkyl halides is 2. The van der Waals surface area contributed by atoms with E-state index in [-0.39, 0.29) is 23.8 Å². The monoisotopic (exact) mass is 348 g/mol. The zero-order chi connectivity index (χ0) is 16.8. The van der Waals surface area contributed by atoms with Crippen molar-refractivity contribution in [2.45, 2.75) is 18.6 Å². The van der Waals surface area contributed by atoms with Crippen LogP contribution >= 0.6 is 12.2 Å². The Labute approximate surface area is 134 Å². The molecular formula is C14H18F2N2O2S2. The molecule has 1 aromatic carbocycles. The second-order valence-electron chi connectivity index (χ2n) is 4.72. The number of thiocarbonyl (C=S) groups is 1. The lowest BCUT2D eigenvalue weighted by Gasteiger charge is -2.20. The maximum absolute atomic E-state index is 12.4. The lowest BCUT2D eigenvalue weighted by molar-refractivity contribution is 0.149. The molecule has 122 valence electrons. The Bertz CT molecular complexity index is 633. The number of sulfonamides is 1. The Morgan fingerprint density at radius 2 is 2.05 bits per heavy atom. The van der Waals surface area contributed by atoms with Crippen LogP contribution in [-0.4, -0.2) is 37.2 Å². The van der Waals surface area contributed by atoms with E-state index in [1.54, 1.807) is 18.2 Å². The minimum absolute atomic E-state index is 0.0527. The van der Waals surface area contributed by atoms with Gasteiger partial charge in [0.2, 0.25) is 16.4 Å². The molecule has 0 aromatic heterocycles. The van der Waals surface area contributed by atoms with Gasteiger partial charge >= 0.3 is 0 Å². The molecule has 1 rings (SSSR count). The van der Waals surface area contributed by atoms with Gasteiger partial charge in [-0.15, -0.1) is 6.58 Å². The zero-order valence-corrected chi connectivity index (χ0v) is 13.5. The predicted molar refractivity (Wildman–Crippen MR) is 87.3 cm³/mol. The molecule has 1 aromatic rings. The van der Waals surface area contributed by atoms with Crippen LogP contribution in [0.3, 0.4) is 0 Å². The molecule has 0 saturated carbocycles. The molecular weight excluding hydrogens is 330 g/mol. The van der Waals surface area contributed by atoms with E-state index in [2.05, 4.69) is 6.58 Å². The first-order chi connectivity index (χ1) is 10.2. The number of hydrogen-bond donors (Lipinski definition) is 1. The molecule has 0 fully saturated rings. The number of rotatable bonds is 9. The first-order valence-corrected chi connectivity index (χ1v) is 8.49. The Morgan fingerprint density at radius 1 is 1.41 bits per heavy atom. The first-order valence-electron chi connectivity index (χ1n) is 6.47. The smallest absolute Gasteiger partial charge is 0.242 e. The summed E-state index contributed by atoms with van der Waals surface area (Å²) in [4.78, 5) is 0.0527. The van der Waals surface area contributed by atoms with Crippen LogP contribution in [0.2, 0.25) is 0 Å². The molecule has 0 aliphatic carbocycles. The molecule has 0 bridgehead atoms. The maximum atomic E-state index is 12.4. The lowest BCUT2D eigenvalue weighted by atomic mass is 10.1. The Balaban J connectivity index is 2.94. The van der Waals surface area contributed by atoms with E-state index in [4.69, 9.17) is 18.0 Å². The van der Waals surface area contributed by atoms with Gasteiger partial charge in [0.25, 0.3) is 0 Å². The fourth-order valence-electron chi connectivity index (χ4n) is 1.92. The molecule has 8 heteroatoms. The van der Waals surface area contributed by atoms with Crippen molar-refractivity contribution in [3.63, 3.8) is 0 Å². The van der Waals surface area contributed by atoms with E-state index < -0.39 is 22.9 Å². The molecule has 0 heterocycles. The Kier molecular flexibility index (Phi) is 7.05. The highest BCUT2D eigenvalue weighted by molar-refractivity contribution is 7.88. The highest BCUT2D eigenvalue weighted by Gasteiger charge is 2.22. The number of hydrogen-bond acceptors (Lipinski definition) is 3. The van der Waals surface area contributed by atoms with Crippen molar-refractivity contribution in [1.29, 1.82) is 0 Å². The fourth-order valence-corrected chi connectivity index (χ4v) is 3.61. The highest BCUT2D eigenvalue weighted by Crippen LogP contribution is 2.15. The van der Waals surface area contributed by atoms with Gasteiger partial charge in [-0.2, -0.15) is 4.31 Å². The van der Waals surface area contributed by atoms with Crippen molar-refractivity contribution < 1.29 is 17.2 Å². The van der Waals surface area contributed by atoms with Crippen molar-refractivity contribution in [1.82, 2.24) is 4.31 Å². The van der Waals surface area contributed by atoms with Crippen LogP contribution in [0.15, 0.2) is 36.9 Å². The minimum atomic E-state index is -3.67. The van der Waals surface area contributed by atoms with Gasteiger partial charge in [0, 0.05) is 13.0 Å². The predicted octanol–water partition coefficient (Wildman–Crippen LogP) is 2.10. The quantitative estimate of drug-likeness (QED) is 0.548. The normalized spacial score (nSPS) is 11.8. The molecule has 0 saturated heterocycles. The summed E-state index contributed by atoms with van der Waals surface area (Å²) in [6.45, 7) is 3.50. The van der Waals surface area contributed by atoms with Crippen molar-refractivity contribution in [3.05, 3.63) is 48.0 Å². The van der Waals surface area contributed by atoms with Crippen LogP contribution in [0.4, 0.5) is 8.78 Å². The van der Waals surface area contributed by atoms with Gasteiger partial charge < -0.3 is 5.73 Å². The average Bonchev–Trinajstić information content (AvgIpc) is 2.36. The van der Waals surface area contributed by atoms with E-state index in [0.29, 0.717) is 11.1 Å². The highest BCUT2D eigenvalue weighted by atomic mass is 32.2. The Hall–Kier alpha value is -1.38. The summed E-state index contributed by atoms with van der Waals surface area (Å²) in [6, 6.07) is 6.16. The summed E-state index contributed by atoms with van der Waals surface area (Å²) in [5, 5.41) is 0. The summed E-state index contributed by atoms with van der Waals surface area (Å²) in [6.07, 6.45) is -1.45. The molecule has 0 atom stereocenters. The number of nitrogens with zero attached hydrogens (tertiary/aromatic N) is 1. The van der Waals surface area contributed by atoms with Crippen LogP contribution in [0, 0.1) is 0 Å². The third-order valence-electron chi connectivity index (χ3n) is 2.79. The minimum Gasteiger partial charge on any atom is -0.392 e. The molecule has 2 N–H and O–H groups in total. The van der Waals surface area contributed by atoms with Gasteiger partial charge in [-0.1, -0.05) is 42.6 Å². The number of nitrogens with two attached hydrogens (primary N) is 1. The fraction of sp³-hybridized carbons (Fsp3) is 0.357. The summed E-state index contributed by atoms with van der Waals surface area (Å²) in [5.41, 5.74) is 6.24. The van der Waals surface area contributed by atoms with Gasteiger partial charge in [0.15, 0.2) is 0 Å². The van der Waals surface area contributed by atoms with Crippen molar-refractivity contribution >= 4 is 27.2 Å². The van der Waals surface area contributed by atoms with Crippen molar-refractivity contribution in [3.8, 4) is 0 Å². The SMILES string of the molecule is C=CCN(CC(N)=S)S(=O)(=O)Cc1cccc(CC(F)F)c1. The van der Waals surface area contributed by atoms with Crippen LogP contribution in [0.5, 0.6) is 0 Å². The summed E-state index contributed by atoms with van der Waals surface area (Å²) in [5.74, 6) is -0.305. The second kappa shape index (κ2) is 8.30. The van der Waals surface area contributed by atoms with E-state index in [1.165, 1.54) is 12.1 Å². The van der Waals surface area contributed by atoms with Crippen LogP contribution in [0.1, 0.15) is 11.1 Å². The van der Waals surface area contributed by atoms with E-state index in [9.17, 15) is 17.2 Å². The molecule has 4 nitrogen and oxygen atoms in total. The summed E-state index contributed by atoms with van der Waals surface area (Å²) < 4.78 is 50.7. The van der Waals surface area contributed by atoms with Crippen LogP contribution in [-0.2, 0) is 22.2 Å². The topological polar surface area (TPSA) is 63.4 Å². The molecule has 0 spiro atoms. The van der Waals surface area contributed by atoms with Gasteiger partial charge in [0.05, 0.1) is 17.3 Å². The van der Waals surface area contributed by atoms with E-state index in [0.717, 1.165) is 4.31 Å². The van der Waals surface area contributed by atoms with Gasteiger partial charge in [0.1, 0.15) is 0 Å².